The Kier molecular flexibility index (Phi) is 6.49. The average Bonchev–Trinajstić information content (AvgIpc) is 2.73. The fourth-order valence-electron chi connectivity index (χ4n) is 3.51. The van der Waals surface area contributed by atoms with Crippen molar-refractivity contribution >= 4 is 17.9 Å². The van der Waals surface area contributed by atoms with Gasteiger partial charge in [-0.1, -0.05) is 54.6 Å². The summed E-state index contributed by atoms with van der Waals surface area (Å²) in [6.07, 6.45) is 0.124. The summed E-state index contributed by atoms with van der Waals surface area (Å²) in [5.74, 6) is -1.84. The van der Waals surface area contributed by atoms with E-state index in [1.165, 1.54) is 0 Å². The molecule has 1 heterocycles. The lowest BCUT2D eigenvalue weighted by molar-refractivity contribution is -0.141. The first-order chi connectivity index (χ1) is 14.0. The third kappa shape index (κ3) is 5.13. The smallest absolute Gasteiger partial charge is 0.317 e. The number of carbonyl (C=O) groups is 3. The number of urea groups is 1. The molecule has 3 rings (SSSR count). The van der Waals surface area contributed by atoms with E-state index in [4.69, 9.17) is 0 Å². The second-order valence-electron chi connectivity index (χ2n) is 7.19. The van der Waals surface area contributed by atoms with Crippen molar-refractivity contribution in [3.8, 4) is 0 Å². The molecule has 1 aliphatic rings. The zero-order valence-corrected chi connectivity index (χ0v) is 16.4. The number of carboxylic acids is 1. The molecule has 1 atom stereocenters. The van der Waals surface area contributed by atoms with Crippen LogP contribution < -0.4 is 5.32 Å². The maximum absolute atomic E-state index is 12.6. The minimum atomic E-state index is -0.939. The first-order valence-electron chi connectivity index (χ1n) is 9.57. The van der Waals surface area contributed by atoms with Crippen LogP contribution in [-0.2, 0) is 22.7 Å². The molecule has 0 aliphatic carbocycles. The number of benzene rings is 2. The lowest BCUT2D eigenvalue weighted by Crippen LogP contribution is -2.43. The minimum absolute atomic E-state index is 0.124. The third-order valence-corrected chi connectivity index (χ3v) is 5.07. The molecule has 0 spiro atoms. The van der Waals surface area contributed by atoms with E-state index in [1.54, 1.807) is 22.9 Å². The average molecular weight is 395 g/mol. The molecule has 2 N–H and O–H groups in total. The quantitative estimate of drug-likeness (QED) is 0.786. The highest BCUT2D eigenvalue weighted by molar-refractivity contribution is 5.82. The first-order valence-corrected chi connectivity index (χ1v) is 9.57. The van der Waals surface area contributed by atoms with Crippen LogP contribution in [0.3, 0.4) is 0 Å². The maximum Gasteiger partial charge on any atom is 0.317 e. The molecule has 2 aromatic rings. The molecule has 0 fully saturated rings. The molecule has 3 amide bonds. The van der Waals surface area contributed by atoms with Crippen molar-refractivity contribution < 1.29 is 19.5 Å². The summed E-state index contributed by atoms with van der Waals surface area (Å²) in [5, 5.41) is 12.3. The van der Waals surface area contributed by atoms with E-state index in [1.807, 2.05) is 48.5 Å². The molecule has 1 unspecified atom stereocenters. The number of fused-ring (bicyclic) bond motifs is 1. The molecule has 29 heavy (non-hydrogen) atoms. The fourth-order valence-corrected chi connectivity index (χ4v) is 3.51. The van der Waals surface area contributed by atoms with Gasteiger partial charge in [0, 0.05) is 39.6 Å². The Morgan fingerprint density at radius 1 is 1.10 bits per heavy atom. The Hall–Kier alpha value is -3.35. The summed E-state index contributed by atoms with van der Waals surface area (Å²) in [4.78, 5) is 39.5. The summed E-state index contributed by atoms with van der Waals surface area (Å²) in [7, 11) is 1.70. The molecule has 0 radical (unpaired) electrons. The Labute approximate surface area is 169 Å². The second-order valence-corrected chi connectivity index (χ2v) is 7.19. The highest BCUT2D eigenvalue weighted by Crippen LogP contribution is 2.28. The van der Waals surface area contributed by atoms with Crippen LogP contribution in [0, 0.1) is 0 Å². The van der Waals surface area contributed by atoms with E-state index >= 15 is 0 Å². The lowest BCUT2D eigenvalue weighted by Gasteiger charge is -2.33. The molecule has 0 saturated heterocycles. The Morgan fingerprint density at radius 2 is 1.79 bits per heavy atom. The number of amides is 3. The van der Waals surface area contributed by atoms with Crippen LogP contribution in [0.2, 0.25) is 0 Å². The van der Waals surface area contributed by atoms with Crippen LogP contribution in [0.1, 0.15) is 29.0 Å². The number of aliphatic carboxylic acids is 1. The van der Waals surface area contributed by atoms with Gasteiger partial charge in [0.2, 0.25) is 5.91 Å². The fraction of sp³-hybridized carbons (Fsp3) is 0.318. The van der Waals surface area contributed by atoms with Crippen LogP contribution in [-0.4, -0.2) is 53.0 Å². The maximum atomic E-state index is 12.6. The summed E-state index contributed by atoms with van der Waals surface area (Å²) in [5.41, 5.74) is 2.64. The number of carbonyl (C=O) groups excluding carboxylic acids is 2. The molecule has 152 valence electrons. The largest absolute Gasteiger partial charge is 0.481 e. The summed E-state index contributed by atoms with van der Waals surface area (Å²) in [6, 6.07) is 16.7. The Morgan fingerprint density at radius 3 is 2.52 bits per heavy atom. The van der Waals surface area contributed by atoms with Gasteiger partial charge in [0.1, 0.15) is 0 Å². The predicted molar refractivity (Wildman–Crippen MR) is 108 cm³/mol. The second kappa shape index (κ2) is 9.23. The summed E-state index contributed by atoms with van der Waals surface area (Å²) < 4.78 is 0. The van der Waals surface area contributed by atoms with Gasteiger partial charge in [-0.25, -0.2) is 4.79 Å². The lowest BCUT2D eigenvalue weighted by atomic mass is 9.89. The molecular formula is C22H25N3O4. The third-order valence-electron chi connectivity index (χ3n) is 5.07. The minimum Gasteiger partial charge on any atom is -0.481 e. The molecule has 7 heteroatoms. The van der Waals surface area contributed by atoms with Crippen LogP contribution in [0.4, 0.5) is 4.79 Å². The van der Waals surface area contributed by atoms with Crippen molar-refractivity contribution in [2.75, 3.05) is 20.1 Å². The summed E-state index contributed by atoms with van der Waals surface area (Å²) in [6.45, 7) is 1.21. The normalized spacial score (nSPS) is 15.3. The standard InChI is InChI=1S/C22H25N3O4/c1-24(13-16-7-3-2-4-8-16)22(29)23-12-11-20(26)25-14-17-9-5-6-10-18(17)19(15-25)21(27)28/h2-10,19H,11-15H2,1H3,(H,23,29)(H,27,28). The van der Waals surface area contributed by atoms with Gasteiger partial charge in [0.25, 0.3) is 0 Å². The van der Waals surface area contributed by atoms with Gasteiger partial charge in [0.05, 0.1) is 5.92 Å². The van der Waals surface area contributed by atoms with Gasteiger partial charge in [-0.05, 0) is 16.7 Å². The molecule has 0 aromatic heterocycles. The van der Waals surface area contributed by atoms with E-state index in [-0.39, 0.29) is 31.4 Å². The highest BCUT2D eigenvalue weighted by atomic mass is 16.4. The highest BCUT2D eigenvalue weighted by Gasteiger charge is 2.32. The number of rotatable bonds is 6. The Bertz CT molecular complexity index is 885. The van der Waals surface area contributed by atoms with E-state index in [9.17, 15) is 19.5 Å². The molecular weight excluding hydrogens is 370 g/mol. The van der Waals surface area contributed by atoms with Crippen molar-refractivity contribution in [1.82, 2.24) is 15.1 Å². The van der Waals surface area contributed by atoms with Crippen LogP contribution in [0.25, 0.3) is 0 Å². The zero-order valence-electron chi connectivity index (χ0n) is 16.4. The number of nitrogens with one attached hydrogen (secondary N) is 1. The van der Waals surface area contributed by atoms with Crippen molar-refractivity contribution in [1.29, 1.82) is 0 Å². The topological polar surface area (TPSA) is 90.0 Å². The van der Waals surface area contributed by atoms with Gasteiger partial charge >= 0.3 is 12.0 Å². The number of carboxylic acid groups (broad SMARTS) is 1. The van der Waals surface area contributed by atoms with E-state index in [0.717, 1.165) is 16.7 Å². The van der Waals surface area contributed by atoms with Crippen LogP contribution in [0.15, 0.2) is 54.6 Å². The van der Waals surface area contributed by atoms with Crippen LogP contribution in [0.5, 0.6) is 0 Å². The monoisotopic (exact) mass is 395 g/mol. The number of hydrogen-bond donors (Lipinski definition) is 2. The Balaban J connectivity index is 1.50. The predicted octanol–water partition coefficient (Wildman–Crippen LogP) is 2.43. The molecule has 0 saturated carbocycles. The van der Waals surface area contributed by atoms with Crippen molar-refractivity contribution in [3.05, 3.63) is 71.3 Å². The SMILES string of the molecule is CN(Cc1ccccc1)C(=O)NCCC(=O)N1Cc2ccccc2C(C(=O)O)C1. The molecule has 2 aromatic carbocycles. The molecule has 0 bridgehead atoms. The van der Waals surface area contributed by atoms with Crippen LogP contribution >= 0.6 is 0 Å². The van der Waals surface area contributed by atoms with E-state index in [2.05, 4.69) is 5.32 Å². The van der Waals surface area contributed by atoms with Crippen molar-refractivity contribution in [2.45, 2.75) is 25.4 Å². The van der Waals surface area contributed by atoms with Gasteiger partial charge in [-0.3, -0.25) is 9.59 Å². The number of hydrogen-bond acceptors (Lipinski definition) is 3. The van der Waals surface area contributed by atoms with Gasteiger partial charge in [0.15, 0.2) is 0 Å². The summed E-state index contributed by atoms with van der Waals surface area (Å²) >= 11 is 0. The molecule has 7 nitrogen and oxygen atoms in total. The van der Waals surface area contributed by atoms with Crippen molar-refractivity contribution in [3.63, 3.8) is 0 Å². The number of nitrogens with zero attached hydrogens (tertiary/aromatic N) is 2. The van der Waals surface area contributed by atoms with E-state index < -0.39 is 11.9 Å². The first kappa shape index (κ1) is 20.4. The van der Waals surface area contributed by atoms with Crippen molar-refractivity contribution in [2.24, 2.45) is 0 Å². The van der Waals surface area contributed by atoms with E-state index in [0.29, 0.717) is 13.1 Å². The van der Waals surface area contributed by atoms with Gasteiger partial charge in [-0.15, -0.1) is 0 Å². The van der Waals surface area contributed by atoms with Gasteiger partial charge < -0.3 is 20.2 Å². The van der Waals surface area contributed by atoms with Gasteiger partial charge in [-0.2, -0.15) is 0 Å². The molecule has 1 aliphatic heterocycles. The zero-order chi connectivity index (χ0) is 20.8.